The molecule has 0 aliphatic rings. The second kappa shape index (κ2) is 10.1. The number of thiocarbonyl (C=S) groups is 1. The molecule has 0 bridgehead atoms. The maximum Gasteiger partial charge on any atom is 0.184 e. The first-order chi connectivity index (χ1) is 13.7. The van der Waals surface area contributed by atoms with E-state index < -0.39 is 0 Å². The van der Waals surface area contributed by atoms with Crippen molar-refractivity contribution >= 4 is 23.5 Å². The molecule has 5 nitrogen and oxygen atoms in total. The summed E-state index contributed by atoms with van der Waals surface area (Å²) in [7, 11) is 0. The number of nitrogens with two attached hydrogens (primary N) is 1. The Morgan fingerprint density at radius 3 is 2.00 bits per heavy atom. The molecule has 0 saturated heterocycles. The van der Waals surface area contributed by atoms with Crippen molar-refractivity contribution < 1.29 is 9.47 Å². The summed E-state index contributed by atoms with van der Waals surface area (Å²) in [4.78, 5) is 0. The number of rotatable bonds is 8. The second-order valence-corrected chi connectivity index (χ2v) is 6.43. The molecule has 0 atom stereocenters. The predicted octanol–water partition coefficient (Wildman–Crippen LogP) is 4.01. The van der Waals surface area contributed by atoms with Crippen molar-refractivity contribution in [1.29, 1.82) is 0 Å². The zero-order valence-corrected chi connectivity index (χ0v) is 16.1. The number of hydrazone groups is 1. The molecule has 0 amide bonds. The highest BCUT2D eigenvalue weighted by atomic mass is 32.1. The van der Waals surface area contributed by atoms with Gasteiger partial charge in [-0.15, -0.1) is 0 Å². The Kier molecular flexibility index (Phi) is 6.98. The van der Waals surface area contributed by atoms with E-state index in [1.165, 1.54) is 0 Å². The lowest BCUT2D eigenvalue weighted by molar-refractivity contribution is 0.256. The number of hydrogen-bond acceptors (Lipinski definition) is 4. The predicted molar refractivity (Wildman–Crippen MR) is 116 cm³/mol. The first-order valence-corrected chi connectivity index (χ1v) is 9.17. The first kappa shape index (κ1) is 19.4. The van der Waals surface area contributed by atoms with Gasteiger partial charge in [0.05, 0.1) is 6.21 Å². The van der Waals surface area contributed by atoms with E-state index in [2.05, 4.69) is 10.5 Å². The van der Waals surface area contributed by atoms with Gasteiger partial charge in [0.2, 0.25) is 0 Å². The summed E-state index contributed by atoms with van der Waals surface area (Å²) >= 11 is 4.74. The van der Waals surface area contributed by atoms with Crippen LogP contribution in [-0.2, 0) is 13.2 Å². The topological polar surface area (TPSA) is 68.9 Å². The summed E-state index contributed by atoms with van der Waals surface area (Å²) < 4.78 is 12.0. The van der Waals surface area contributed by atoms with Crippen molar-refractivity contribution in [3.8, 4) is 11.5 Å². The summed E-state index contributed by atoms with van der Waals surface area (Å²) in [6.07, 6.45) is 1.62. The average molecular weight is 391 g/mol. The van der Waals surface area contributed by atoms with Crippen LogP contribution in [-0.4, -0.2) is 11.3 Å². The lowest BCUT2D eigenvalue weighted by Gasteiger charge is -2.14. The lowest BCUT2D eigenvalue weighted by Crippen LogP contribution is -2.23. The Morgan fingerprint density at radius 2 is 1.43 bits per heavy atom. The van der Waals surface area contributed by atoms with Gasteiger partial charge in [-0.1, -0.05) is 60.7 Å². The smallest absolute Gasteiger partial charge is 0.184 e. The van der Waals surface area contributed by atoms with Crippen molar-refractivity contribution in [3.05, 3.63) is 95.6 Å². The molecule has 3 aromatic carbocycles. The van der Waals surface area contributed by atoms with Gasteiger partial charge in [0.15, 0.2) is 16.6 Å². The molecule has 0 unspecified atom stereocenters. The van der Waals surface area contributed by atoms with E-state index in [9.17, 15) is 0 Å². The summed E-state index contributed by atoms with van der Waals surface area (Å²) in [5.41, 5.74) is 10.9. The molecule has 3 N–H and O–H groups in total. The average Bonchev–Trinajstić information content (AvgIpc) is 2.73. The Balaban J connectivity index is 1.76. The van der Waals surface area contributed by atoms with E-state index in [0.29, 0.717) is 24.7 Å². The van der Waals surface area contributed by atoms with Crippen molar-refractivity contribution in [3.63, 3.8) is 0 Å². The molecule has 0 spiro atoms. The van der Waals surface area contributed by atoms with E-state index >= 15 is 0 Å². The first-order valence-electron chi connectivity index (χ1n) is 8.77. The molecule has 3 rings (SSSR count). The fourth-order valence-corrected chi connectivity index (χ4v) is 2.53. The molecule has 0 aliphatic carbocycles. The third-order valence-corrected chi connectivity index (χ3v) is 3.92. The lowest BCUT2D eigenvalue weighted by atomic mass is 10.2. The third-order valence-electron chi connectivity index (χ3n) is 3.83. The highest BCUT2D eigenvalue weighted by Gasteiger charge is 2.08. The van der Waals surface area contributed by atoms with Gasteiger partial charge in [0.25, 0.3) is 0 Å². The van der Waals surface area contributed by atoms with E-state index in [-0.39, 0.29) is 5.11 Å². The van der Waals surface area contributed by atoms with Crippen molar-refractivity contribution in [1.82, 2.24) is 5.43 Å². The van der Waals surface area contributed by atoms with Crippen LogP contribution in [0.15, 0.2) is 84.0 Å². The van der Waals surface area contributed by atoms with Crippen LogP contribution < -0.4 is 20.6 Å². The third kappa shape index (κ3) is 6.10. The summed E-state index contributed by atoms with van der Waals surface area (Å²) in [6, 6.07) is 25.6. The minimum Gasteiger partial charge on any atom is -0.485 e. The highest BCUT2D eigenvalue weighted by Crippen LogP contribution is 2.29. The normalized spacial score (nSPS) is 10.6. The number of benzene rings is 3. The molecule has 6 heteroatoms. The molecular weight excluding hydrogens is 370 g/mol. The van der Waals surface area contributed by atoms with E-state index in [1.807, 2.05) is 78.9 Å². The largest absolute Gasteiger partial charge is 0.485 e. The Bertz CT molecular complexity index is 931. The van der Waals surface area contributed by atoms with Gasteiger partial charge in [-0.05, 0) is 47.1 Å². The van der Waals surface area contributed by atoms with Gasteiger partial charge in [-0.3, -0.25) is 5.43 Å². The number of hydrogen-bond donors (Lipinski definition) is 2. The second-order valence-electron chi connectivity index (χ2n) is 5.99. The van der Waals surface area contributed by atoms with Gasteiger partial charge >= 0.3 is 0 Å². The molecule has 0 radical (unpaired) electrons. The quantitative estimate of drug-likeness (QED) is 0.345. The number of nitrogens with zero attached hydrogens (tertiary/aromatic N) is 1. The fourth-order valence-electron chi connectivity index (χ4n) is 2.48. The van der Waals surface area contributed by atoms with Crippen LogP contribution in [0.3, 0.4) is 0 Å². The molecular formula is C22H21N3O2S. The van der Waals surface area contributed by atoms with Gasteiger partial charge in [-0.2, -0.15) is 5.10 Å². The molecule has 0 saturated carbocycles. The van der Waals surface area contributed by atoms with Crippen LogP contribution in [0.25, 0.3) is 0 Å². The fraction of sp³-hybridized carbons (Fsp3) is 0.0909. The standard InChI is InChI=1S/C22H21N3O2S/c23-22(28)25-24-14-19-11-12-20(26-15-17-7-3-1-4-8-17)21(13-19)27-16-18-9-5-2-6-10-18/h1-14H,15-16H2,(H3,23,25,28)/b24-14-. The molecule has 28 heavy (non-hydrogen) atoms. The zero-order chi connectivity index (χ0) is 19.6. The van der Waals surface area contributed by atoms with Gasteiger partial charge in [0, 0.05) is 0 Å². The van der Waals surface area contributed by atoms with Crippen molar-refractivity contribution in [2.45, 2.75) is 13.2 Å². The van der Waals surface area contributed by atoms with Crippen molar-refractivity contribution in [2.75, 3.05) is 0 Å². The minimum atomic E-state index is 0.111. The monoisotopic (exact) mass is 391 g/mol. The van der Waals surface area contributed by atoms with Crippen LogP contribution in [0, 0.1) is 0 Å². The number of nitrogens with one attached hydrogen (secondary N) is 1. The van der Waals surface area contributed by atoms with Gasteiger partial charge in [-0.25, -0.2) is 0 Å². The molecule has 0 heterocycles. The Labute approximate surface area is 169 Å². The van der Waals surface area contributed by atoms with Crippen molar-refractivity contribution in [2.24, 2.45) is 10.8 Å². The molecule has 142 valence electrons. The molecule has 0 aliphatic heterocycles. The Morgan fingerprint density at radius 1 is 0.857 bits per heavy atom. The van der Waals surface area contributed by atoms with Crippen LogP contribution in [0.4, 0.5) is 0 Å². The molecule has 0 aromatic heterocycles. The summed E-state index contributed by atoms with van der Waals surface area (Å²) in [6.45, 7) is 0.896. The summed E-state index contributed by atoms with van der Waals surface area (Å²) in [5, 5.41) is 4.10. The zero-order valence-electron chi connectivity index (χ0n) is 15.2. The van der Waals surface area contributed by atoms with Crippen LogP contribution in [0.5, 0.6) is 11.5 Å². The van der Waals surface area contributed by atoms with Gasteiger partial charge < -0.3 is 15.2 Å². The SMILES string of the molecule is NC(=S)N/N=C\c1ccc(OCc2ccccc2)c(OCc2ccccc2)c1. The van der Waals surface area contributed by atoms with Crippen LogP contribution >= 0.6 is 12.2 Å². The molecule has 0 fully saturated rings. The van der Waals surface area contributed by atoms with E-state index in [1.54, 1.807) is 6.21 Å². The highest BCUT2D eigenvalue weighted by molar-refractivity contribution is 7.80. The van der Waals surface area contributed by atoms with Crippen LogP contribution in [0.1, 0.15) is 16.7 Å². The maximum absolute atomic E-state index is 6.02. The van der Waals surface area contributed by atoms with E-state index in [0.717, 1.165) is 16.7 Å². The van der Waals surface area contributed by atoms with Gasteiger partial charge in [0.1, 0.15) is 13.2 Å². The summed E-state index contributed by atoms with van der Waals surface area (Å²) in [5.74, 6) is 1.30. The molecule has 3 aromatic rings. The number of ether oxygens (including phenoxy) is 2. The Hall–Kier alpha value is -3.38. The van der Waals surface area contributed by atoms with E-state index in [4.69, 9.17) is 27.4 Å². The maximum atomic E-state index is 6.02. The minimum absolute atomic E-state index is 0.111. The van der Waals surface area contributed by atoms with Crippen LogP contribution in [0.2, 0.25) is 0 Å².